The summed E-state index contributed by atoms with van der Waals surface area (Å²) in [6.07, 6.45) is 21.1. The molecule has 0 heterocycles. The third-order valence-corrected chi connectivity index (χ3v) is 10.2. The van der Waals surface area contributed by atoms with Gasteiger partial charge in [0.1, 0.15) is 19.8 Å². The molecule has 62 heavy (non-hydrogen) atoms. The average molecular weight is 888 g/mol. The van der Waals surface area contributed by atoms with Crippen LogP contribution in [0.5, 0.6) is 0 Å². The fourth-order valence-corrected chi connectivity index (χ4v) is 6.44. The molecule has 5 N–H and O–H groups in total. The zero-order chi connectivity index (χ0) is 45.9. The first-order valence-corrected chi connectivity index (χ1v) is 23.2. The van der Waals surface area contributed by atoms with Crippen molar-refractivity contribution in [3.63, 3.8) is 0 Å². The maximum atomic E-state index is 12.7. The minimum Gasteiger partial charge on any atom is -0.481 e. The molecular formula is C45H81N3O14. The molecule has 0 aromatic heterocycles. The number of Topliss-reactive ketones (excluding diaryl/α,β-unsaturated/α-hetero) is 1. The largest absolute Gasteiger partial charge is 0.481 e. The van der Waals surface area contributed by atoms with E-state index in [2.05, 4.69) is 10.6 Å². The van der Waals surface area contributed by atoms with Gasteiger partial charge in [0.2, 0.25) is 17.7 Å². The second kappa shape index (κ2) is 42.6. The highest BCUT2D eigenvalue weighted by Gasteiger charge is 2.18. The molecule has 0 unspecified atom stereocenters. The van der Waals surface area contributed by atoms with E-state index in [0.29, 0.717) is 51.9 Å². The standard InChI is InChI=1S/C45H81N3O14/c1-38(45(57)58)21-18-19-26-46-41(51)37-62-34-31-59-29-20-22-39(49)36-61-33-32-60-30-27-47-40(50)25-28-48(35-44(55)56)42(52)23-16-14-12-10-8-6-4-2-3-5-7-9-11-13-15-17-24-43(53)54/h38H,2-37H2,1H3,(H,46,51)(H,47,50)(H,53,54)(H,55,56)(H,57,58)/t38-/m0/s1. The van der Waals surface area contributed by atoms with Gasteiger partial charge in [0.25, 0.3) is 0 Å². The van der Waals surface area contributed by atoms with Gasteiger partial charge in [-0.1, -0.05) is 103 Å². The van der Waals surface area contributed by atoms with E-state index in [1.807, 2.05) is 0 Å². The van der Waals surface area contributed by atoms with E-state index in [9.17, 15) is 38.7 Å². The van der Waals surface area contributed by atoms with Gasteiger partial charge in [0.15, 0.2) is 5.78 Å². The van der Waals surface area contributed by atoms with Crippen molar-refractivity contribution >= 4 is 41.4 Å². The van der Waals surface area contributed by atoms with Crippen LogP contribution in [-0.2, 0) is 52.5 Å². The molecule has 0 aliphatic carbocycles. The van der Waals surface area contributed by atoms with Crippen LogP contribution in [0, 0.1) is 5.92 Å². The van der Waals surface area contributed by atoms with Crippen LogP contribution in [0.25, 0.3) is 0 Å². The topological polar surface area (TPSA) is 244 Å². The minimum atomic E-state index is -1.12. The summed E-state index contributed by atoms with van der Waals surface area (Å²) in [5, 5.41) is 32.2. The Labute approximate surface area is 370 Å². The molecule has 360 valence electrons. The Morgan fingerprint density at radius 2 is 0.968 bits per heavy atom. The smallest absolute Gasteiger partial charge is 0.323 e. The van der Waals surface area contributed by atoms with Crippen molar-refractivity contribution in [1.82, 2.24) is 15.5 Å². The van der Waals surface area contributed by atoms with Crippen molar-refractivity contribution in [2.24, 2.45) is 5.92 Å². The third kappa shape index (κ3) is 41.7. The molecule has 17 nitrogen and oxygen atoms in total. The highest BCUT2D eigenvalue weighted by molar-refractivity contribution is 5.82. The minimum absolute atomic E-state index is 0.0154. The van der Waals surface area contributed by atoms with Gasteiger partial charge in [-0.15, -0.1) is 0 Å². The fraction of sp³-hybridized carbons (Fsp3) is 0.844. The summed E-state index contributed by atoms with van der Waals surface area (Å²) in [6.45, 7) is 3.37. The molecule has 0 saturated carbocycles. The molecule has 3 amide bonds. The second-order valence-electron chi connectivity index (χ2n) is 15.9. The fourth-order valence-electron chi connectivity index (χ4n) is 6.44. The first kappa shape index (κ1) is 58.3. The number of carboxylic acid groups (broad SMARTS) is 3. The van der Waals surface area contributed by atoms with Crippen molar-refractivity contribution in [2.75, 3.05) is 79.0 Å². The molecule has 0 aromatic carbocycles. The first-order valence-electron chi connectivity index (χ1n) is 23.2. The van der Waals surface area contributed by atoms with E-state index < -0.39 is 30.4 Å². The van der Waals surface area contributed by atoms with Crippen LogP contribution in [0.4, 0.5) is 0 Å². The van der Waals surface area contributed by atoms with E-state index in [1.165, 1.54) is 62.7 Å². The molecule has 0 rings (SSSR count). The van der Waals surface area contributed by atoms with Gasteiger partial charge in [-0.2, -0.15) is 0 Å². The van der Waals surface area contributed by atoms with E-state index >= 15 is 0 Å². The molecule has 0 radical (unpaired) electrons. The number of aliphatic carboxylic acids is 3. The van der Waals surface area contributed by atoms with Crippen molar-refractivity contribution in [2.45, 2.75) is 161 Å². The number of carbonyl (C=O) groups is 7. The van der Waals surface area contributed by atoms with Crippen molar-refractivity contribution in [3.05, 3.63) is 0 Å². The molecule has 0 bridgehead atoms. The number of nitrogens with one attached hydrogen (secondary N) is 2. The molecule has 1 atom stereocenters. The lowest BCUT2D eigenvalue weighted by molar-refractivity contribution is -0.145. The SMILES string of the molecule is C[C@@H](CCCCNC(=O)COCCOCCCC(=O)COCCOCCNC(=O)CCN(CC(=O)O)C(=O)CCCCCCCCCCCCCCCCCCC(=O)O)C(=O)O. The van der Waals surface area contributed by atoms with Gasteiger partial charge < -0.3 is 49.8 Å². The van der Waals surface area contributed by atoms with Gasteiger partial charge in [0.05, 0.1) is 39.0 Å². The normalized spacial score (nSPS) is 11.6. The molecule has 0 aliphatic rings. The van der Waals surface area contributed by atoms with Crippen LogP contribution in [0.15, 0.2) is 0 Å². The van der Waals surface area contributed by atoms with Crippen LogP contribution in [0.3, 0.4) is 0 Å². The predicted molar refractivity (Wildman–Crippen MR) is 234 cm³/mol. The zero-order valence-corrected chi connectivity index (χ0v) is 37.8. The van der Waals surface area contributed by atoms with E-state index in [0.717, 1.165) is 44.9 Å². The quantitative estimate of drug-likeness (QED) is 0.0445. The number of amides is 3. The van der Waals surface area contributed by atoms with E-state index in [1.54, 1.807) is 6.92 Å². The number of unbranched alkanes of at least 4 members (excludes halogenated alkanes) is 16. The number of hydrogen-bond acceptors (Lipinski definition) is 11. The van der Waals surface area contributed by atoms with Crippen LogP contribution in [-0.4, -0.2) is 141 Å². The van der Waals surface area contributed by atoms with Gasteiger partial charge in [-0.3, -0.25) is 33.6 Å². The lowest BCUT2D eigenvalue weighted by atomic mass is 10.0. The van der Waals surface area contributed by atoms with Crippen LogP contribution in [0.2, 0.25) is 0 Å². The number of hydrogen-bond donors (Lipinski definition) is 5. The zero-order valence-electron chi connectivity index (χ0n) is 37.8. The Kier molecular flexibility index (Phi) is 40.1. The van der Waals surface area contributed by atoms with Gasteiger partial charge in [-0.05, 0) is 32.1 Å². The molecule has 17 heteroatoms. The van der Waals surface area contributed by atoms with Gasteiger partial charge >= 0.3 is 17.9 Å². The molecule has 0 aromatic rings. The molecule has 0 aliphatic heterocycles. The first-order chi connectivity index (χ1) is 29.9. The monoisotopic (exact) mass is 888 g/mol. The summed E-state index contributed by atoms with van der Waals surface area (Å²) in [6, 6.07) is 0. The lowest BCUT2D eigenvalue weighted by Crippen LogP contribution is -2.39. The van der Waals surface area contributed by atoms with Crippen molar-refractivity contribution in [3.8, 4) is 0 Å². The summed E-state index contributed by atoms with van der Waals surface area (Å²) in [5.41, 5.74) is 0. The maximum absolute atomic E-state index is 12.7. The number of nitrogens with zero attached hydrogens (tertiary/aromatic N) is 1. The van der Waals surface area contributed by atoms with Crippen LogP contribution < -0.4 is 10.6 Å². The Balaban J connectivity index is 3.71. The Hall–Kier alpha value is -3.67. The van der Waals surface area contributed by atoms with Crippen LogP contribution in [0.1, 0.15) is 161 Å². The molecule has 0 saturated heterocycles. The van der Waals surface area contributed by atoms with Crippen molar-refractivity contribution in [1.29, 1.82) is 0 Å². The summed E-state index contributed by atoms with van der Waals surface area (Å²) in [5.74, 6) is -3.92. The Morgan fingerprint density at radius 1 is 0.468 bits per heavy atom. The Bertz CT molecular complexity index is 1200. The Morgan fingerprint density at radius 3 is 1.52 bits per heavy atom. The summed E-state index contributed by atoms with van der Waals surface area (Å²) >= 11 is 0. The predicted octanol–water partition coefficient (Wildman–Crippen LogP) is 5.94. The van der Waals surface area contributed by atoms with Crippen molar-refractivity contribution < 1.29 is 67.8 Å². The maximum Gasteiger partial charge on any atom is 0.323 e. The van der Waals surface area contributed by atoms with Gasteiger partial charge in [-0.25, -0.2) is 0 Å². The average Bonchev–Trinajstić information content (AvgIpc) is 3.23. The molecule has 0 spiro atoms. The number of carboxylic acids is 3. The number of ether oxygens (including phenoxy) is 4. The van der Waals surface area contributed by atoms with Crippen LogP contribution >= 0.6 is 0 Å². The number of rotatable bonds is 47. The summed E-state index contributed by atoms with van der Waals surface area (Å²) in [7, 11) is 0. The van der Waals surface area contributed by atoms with Gasteiger partial charge in [0, 0.05) is 51.9 Å². The van der Waals surface area contributed by atoms with E-state index in [4.69, 9.17) is 29.2 Å². The highest BCUT2D eigenvalue weighted by Crippen LogP contribution is 2.15. The van der Waals surface area contributed by atoms with E-state index in [-0.39, 0.29) is 95.5 Å². The summed E-state index contributed by atoms with van der Waals surface area (Å²) in [4.78, 5) is 82.7. The molecule has 0 fully saturated rings. The second-order valence-corrected chi connectivity index (χ2v) is 15.9. The lowest BCUT2D eigenvalue weighted by Gasteiger charge is -2.20. The number of ketones is 1. The summed E-state index contributed by atoms with van der Waals surface area (Å²) < 4.78 is 21.5. The molecular weight excluding hydrogens is 807 g/mol. The third-order valence-electron chi connectivity index (χ3n) is 10.2. The number of carbonyl (C=O) groups excluding carboxylic acids is 4. The highest BCUT2D eigenvalue weighted by atomic mass is 16.5.